The molecule has 0 aromatic carbocycles. The van der Waals surface area contributed by atoms with Gasteiger partial charge in [-0.05, 0) is 53.2 Å². The Morgan fingerprint density at radius 2 is 1.89 bits per heavy atom. The Labute approximate surface area is 204 Å². The normalized spacial score (nSPS) is 22.0. The average Bonchev–Trinajstić information content (AvgIpc) is 3.38. The number of nitrogens with one attached hydrogen (secondary N) is 1. The maximum atomic E-state index is 13.5. The molecule has 4 heterocycles. The number of carbonyl (C=O) groups excluding carboxylic acids is 1. The number of aromatic nitrogens is 4. The molecule has 2 fully saturated rings. The van der Waals surface area contributed by atoms with Gasteiger partial charge in [0.05, 0.1) is 17.7 Å². The second kappa shape index (κ2) is 13.0. The number of nitrogens with zero attached hydrogens (tertiary/aromatic N) is 6. The van der Waals surface area contributed by atoms with Crippen LogP contribution in [0.1, 0.15) is 42.2 Å². The Morgan fingerprint density at radius 1 is 1.20 bits per heavy atom. The van der Waals surface area contributed by atoms with Gasteiger partial charge in [-0.15, -0.1) is 0 Å². The van der Waals surface area contributed by atoms with E-state index < -0.39 is 0 Å². The average molecular weight is 494 g/mol. The third kappa shape index (κ3) is 6.63. The van der Waals surface area contributed by atoms with Crippen LogP contribution in [0.5, 0.6) is 0 Å². The van der Waals surface area contributed by atoms with Crippen molar-refractivity contribution in [3.05, 3.63) is 29.1 Å². The van der Waals surface area contributed by atoms with Gasteiger partial charge in [-0.2, -0.15) is 0 Å². The molecular formula is C22H35N7O6. The third-order valence-electron chi connectivity index (χ3n) is 6.87. The zero-order valence-corrected chi connectivity index (χ0v) is 20.7. The summed E-state index contributed by atoms with van der Waals surface area (Å²) in [4.78, 5) is 39.5. The first-order valence-electron chi connectivity index (χ1n) is 11.4. The van der Waals surface area contributed by atoms with Gasteiger partial charge in [-0.3, -0.25) is 19.3 Å². The van der Waals surface area contributed by atoms with Crippen LogP contribution in [0.15, 0.2) is 10.8 Å². The van der Waals surface area contributed by atoms with E-state index in [1.54, 1.807) is 0 Å². The number of likely N-dealkylation sites (tertiary alicyclic amines) is 2. The second-order valence-electron chi connectivity index (χ2n) is 8.80. The van der Waals surface area contributed by atoms with Crippen LogP contribution in [0.25, 0.3) is 0 Å². The summed E-state index contributed by atoms with van der Waals surface area (Å²) in [5.74, 6) is 1.14. The lowest BCUT2D eigenvalue weighted by atomic mass is 9.67. The van der Waals surface area contributed by atoms with Crippen LogP contribution in [-0.4, -0.2) is 91.5 Å². The van der Waals surface area contributed by atoms with Crippen LogP contribution in [0.2, 0.25) is 0 Å². The number of imidazole rings is 1. The van der Waals surface area contributed by atoms with Gasteiger partial charge in [0.2, 0.25) is 5.91 Å². The molecule has 35 heavy (non-hydrogen) atoms. The first kappa shape index (κ1) is 27.9. The molecule has 0 radical (unpaired) electrons. The number of hydrogen-bond acceptors (Lipinski definition) is 9. The zero-order chi connectivity index (χ0) is 26.0. The molecule has 0 aliphatic carbocycles. The van der Waals surface area contributed by atoms with Gasteiger partial charge in [0.15, 0.2) is 0 Å². The number of carbonyl (C=O) groups is 3. The van der Waals surface area contributed by atoms with Crippen LogP contribution in [-0.2, 0) is 34.5 Å². The van der Waals surface area contributed by atoms with E-state index in [0.29, 0.717) is 12.2 Å². The highest BCUT2D eigenvalue weighted by molar-refractivity contribution is 5.83. The minimum absolute atomic E-state index is 0.129. The van der Waals surface area contributed by atoms with Gasteiger partial charge in [-0.25, -0.2) is 9.61 Å². The molecule has 0 bridgehead atoms. The van der Waals surface area contributed by atoms with E-state index in [-0.39, 0.29) is 30.3 Å². The van der Waals surface area contributed by atoms with Crippen LogP contribution >= 0.6 is 0 Å². The predicted octanol–water partition coefficient (Wildman–Crippen LogP) is 0.424. The van der Waals surface area contributed by atoms with Gasteiger partial charge < -0.3 is 25.0 Å². The van der Waals surface area contributed by atoms with Crippen LogP contribution in [0.4, 0.5) is 0 Å². The maximum absolute atomic E-state index is 13.5. The SMILES string of the molecule is Cc1nonc1CNC(=O)[C@@]12CCCN(Cc3cnc(C)n3C)[C@H]1CN(C)CC2.O=CO.O=CO. The molecule has 194 valence electrons. The molecule has 4 rings (SSSR count). The number of piperidine rings is 2. The topological polar surface area (TPSA) is 167 Å². The van der Waals surface area contributed by atoms with E-state index in [2.05, 4.69) is 49.1 Å². The molecule has 2 aliphatic heterocycles. The van der Waals surface area contributed by atoms with Crippen LogP contribution < -0.4 is 5.32 Å². The first-order valence-corrected chi connectivity index (χ1v) is 11.4. The van der Waals surface area contributed by atoms with Crippen molar-refractivity contribution >= 4 is 18.9 Å². The monoisotopic (exact) mass is 493 g/mol. The van der Waals surface area contributed by atoms with Crippen molar-refractivity contribution in [2.24, 2.45) is 12.5 Å². The Morgan fingerprint density at radius 3 is 2.46 bits per heavy atom. The molecule has 1 amide bonds. The zero-order valence-electron chi connectivity index (χ0n) is 20.7. The number of rotatable bonds is 5. The Hall–Kier alpha value is -3.32. The van der Waals surface area contributed by atoms with Gasteiger partial charge >= 0.3 is 0 Å². The minimum Gasteiger partial charge on any atom is -0.483 e. The van der Waals surface area contributed by atoms with Crippen molar-refractivity contribution in [2.75, 3.05) is 26.7 Å². The Balaban J connectivity index is 0.000000655. The summed E-state index contributed by atoms with van der Waals surface area (Å²) in [6.07, 6.45) is 4.78. The van der Waals surface area contributed by atoms with Crippen molar-refractivity contribution in [3.63, 3.8) is 0 Å². The fraction of sp³-hybridized carbons (Fsp3) is 0.636. The molecule has 2 saturated heterocycles. The summed E-state index contributed by atoms with van der Waals surface area (Å²) < 4.78 is 6.91. The highest BCUT2D eigenvalue weighted by Gasteiger charge is 2.52. The maximum Gasteiger partial charge on any atom is 0.290 e. The van der Waals surface area contributed by atoms with Crippen molar-refractivity contribution in [3.8, 4) is 0 Å². The van der Waals surface area contributed by atoms with Crippen LogP contribution in [0, 0.1) is 19.3 Å². The smallest absolute Gasteiger partial charge is 0.290 e. The van der Waals surface area contributed by atoms with Crippen molar-refractivity contribution in [2.45, 2.75) is 52.2 Å². The molecular weight excluding hydrogens is 458 g/mol. The highest BCUT2D eigenvalue weighted by atomic mass is 16.6. The molecule has 13 heteroatoms. The van der Waals surface area contributed by atoms with Gasteiger partial charge in [-0.1, -0.05) is 10.3 Å². The fourth-order valence-electron chi connectivity index (χ4n) is 4.85. The van der Waals surface area contributed by atoms with E-state index in [9.17, 15) is 4.79 Å². The summed E-state index contributed by atoms with van der Waals surface area (Å²) in [7, 11) is 4.20. The number of aryl methyl sites for hydroxylation is 2. The highest BCUT2D eigenvalue weighted by Crippen LogP contribution is 2.43. The largest absolute Gasteiger partial charge is 0.483 e. The lowest BCUT2D eigenvalue weighted by Gasteiger charge is -2.53. The summed E-state index contributed by atoms with van der Waals surface area (Å²) in [6.45, 7) is 7.38. The fourth-order valence-corrected chi connectivity index (χ4v) is 4.85. The van der Waals surface area contributed by atoms with Gasteiger partial charge in [0.1, 0.15) is 17.2 Å². The number of hydrogen-bond donors (Lipinski definition) is 3. The molecule has 3 N–H and O–H groups in total. The third-order valence-corrected chi connectivity index (χ3v) is 6.87. The lowest BCUT2D eigenvalue weighted by Crippen LogP contribution is -2.65. The van der Waals surface area contributed by atoms with Gasteiger partial charge in [0.25, 0.3) is 12.9 Å². The standard InChI is InChI=1S/C20H31N7O2.2CH2O2/c1-14-17(24-29-23-14)11-22-19(28)20-6-5-8-27(18(20)13-25(3)9-7-20)12-16-10-21-15(2)26(16)4;2*2-1-3/h10,18H,5-9,11-13H2,1-4H3,(H,22,28);2*1H,(H,2,3)/t18-,20+;;/m0../s1. The molecule has 2 aromatic rings. The number of likely N-dealkylation sites (N-methyl/N-ethyl adjacent to an activating group) is 1. The number of amides is 1. The molecule has 0 unspecified atom stereocenters. The quantitative estimate of drug-likeness (QED) is 0.494. The van der Waals surface area contributed by atoms with Gasteiger partial charge in [0, 0.05) is 32.4 Å². The summed E-state index contributed by atoms with van der Waals surface area (Å²) in [5.41, 5.74) is 2.23. The van der Waals surface area contributed by atoms with Crippen molar-refractivity contribution in [1.29, 1.82) is 0 Å². The van der Waals surface area contributed by atoms with E-state index >= 15 is 0 Å². The summed E-state index contributed by atoms with van der Waals surface area (Å²) >= 11 is 0. The van der Waals surface area contributed by atoms with E-state index in [4.69, 9.17) is 24.4 Å². The van der Waals surface area contributed by atoms with Crippen LogP contribution in [0.3, 0.4) is 0 Å². The number of fused-ring (bicyclic) bond motifs is 1. The van der Waals surface area contributed by atoms with E-state index in [0.717, 1.165) is 57.0 Å². The molecule has 0 saturated carbocycles. The lowest BCUT2D eigenvalue weighted by molar-refractivity contribution is -0.145. The van der Waals surface area contributed by atoms with E-state index in [1.165, 1.54) is 5.69 Å². The molecule has 2 aliphatic rings. The van der Waals surface area contributed by atoms with Crippen molar-refractivity contribution in [1.82, 2.24) is 35.0 Å². The predicted molar refractivity (Wildman–Crippen MR) is 124 cm³/mol. The molecule has 13 nitrogen and oxygen atoms in total. The van der Waals surface area contributed by atoms with E-state index in [1.807, 2.05) is 20.0 Å². The number of carboxylic acid groups (broad SMARTS) is 2. The second-order valence-corrected chi connectivity index (χ2v) is 8.80. The van der Waals surface area contributed by atoms with Crippen molar-refractivity contribution < 1.29 is 29.2 Å². The minimum atomic E-state index is -0.372. The Kier molecular flexibility index (Phi) is 10.3. The Bertz CT molecular complexity index is 971. The molecule has 2 atom stereocenters. The summed E-state index contributed by atoms with van der Waals surface area (Å²) in [6, 6.07) is 0.182. The molecule has 2 aromatic heterocycles. The first-order chi connectivity index (χ1) is 16.7. The summed E-state index contributed by atoms with van der Waals surface area (Å²) in [5, 5.41) is 24.6. The molecule has 0 spiro atoms.